The largest absolute Gasteiger partial charge is 0.378 e. The first-order valence-electron chi connectivity index (χ1n) is 8.31. The molecule has 0 saturated heterocycles. The zero-order chi connectivity index (χ0) is 18.8. The molecule has 0 spiro atoms. The summed E-state index contributed by atoms with van der Waals surface area (Å²) in [5.74, 6) is -0.462. The summed E-state index contributed by atoms with van der Waals surface area (Å²) in [6.45, 7) is 0.165. The number of carbonyl (C=O) groups excluding carboxylic acids is 2. The number of amides is 2. The molecule has 134 valence electrons. The van der Waals surface area contributed by atoms with Crippen molar-refractivity contribution in [3.8, 4) is 0 Å². The number of nitrogens with zero attached hydrogens (tertiary/aromatic N) is 2. The molecule has 0 bridgehead atoms. The number of hydrogen-bond donors (Lipinski definition) is 2. The fraction of sp³-hybridized carbons (Fsp3) is 0.0500. The number of para-hydroxylation sites is 2. The van der Waals surface area contributed by atoms with E-state index in [0.29, 0.717) is 4.91 Å². The fourth-order valence-corrected chi connectivity index (χ4v) is 3.64. The summed E-state index contributed by atoms with van der Waals surface area (Å²) >= 11 is 1.15. The van der Waals surface area contributed by atoms with Crippen LogP contribution < -0.4 is 11.1 Å². The van der Waals surface area contributed by atoms with Gasteiger partial charge in [0.05, 0.1) is 4.91 Å². The Morgan fingerprint density at radius 1 is 1.15 bits per heavy atom. The third-order valence-electron chi connectivity index (χ3n) is 4.11. The van der Waals surface area contributed by atoms with Crippen LogP contribution in [0.15, 0.2) is 70.7 Å². The molecule has 2 heterocycles. The average Bonchev–Trinajstić information content (AvgIpc) is 3.16. The molecule has 4 rings (SSSR count). The molecular weight excluding hydrogens is 360 g/mol. The Balaban J connectivity index is 1.63. The minimum Gasteiger partial charge on any atom is -0.378 e. The van der Waals surface area contributed by atoms with Gasteiger partial charge in [-0.1, -0.05) is 36.4 Å². The third kappa shape index (κ3) is 3.63. The quantitative estimate of drug-likeness (QED) is 0.684. The van der Waals surface area contributed by atoms with Crippen molar-refractivity contribution < 1.29 is 9.59 Å². The Labute approximate surface area is 159 Å². The lowest BCUT2D eigenvalue weighted by molar-refractivity contribution is -0.116. The first-order chi connectivity index (χ1) is 13.1. The monoisotopic (exact) mass is 376 g/mol. The molecule has 7 heteroatoms. The summed E-state index contributed by atoms with van der Waals surface area (Å²) in [6.07, 6.45) is 3.63. The predicted octanol–water partition coefficient (Wildman–Crippen LogP) is 3.21. The minimum atomic E-state index is -0.337. The Morgan fingerprint density at radius 3 is 2.63 bits per heavy atom. The van der Waals surface area contributed by atoms with Crippen molar-refractivity contribution in [2.75, 3.05) is 5.32 Å². The molecule has 2 amide bonds. The molecular formula is C20H16N4O2S. The maximum atomic E-state index is 12.4. The number of hydrogen-bond acceptors (Lipinski definition) is 4. The Bertz CT molecular complexity index is 1100. The topological polar surface area (TPSA) is 89.5 Å². The maximum Gasteiger partial charge on any atom is 0.286 e. The van der Waals surface area contributed by atoms with E-state index in [9.17, 15) is 9.59 Å². The van der Waals surface area contributed by atoms with E-state index in [2.05, 4.69) is 10.3 Å². The van der Waals surface area contributed by atoms with Gasteiger partial charge in [-0.05, 0) is 36.0 Å². The van der Waals surface area contributed by atoms with Crippen molar-refractivity contribution in [1.29, 1.82) is 0 Å². The minimum absolute atomic E-state index is 0.125. The van der Waals surface area contributed by atoms with Crippen molar-refractivity contribution in [3.63, 3.8) is 0 Å². The Morgan fingerprint density at radius 2 is 1.89 bits per heavy atom. The second kappa shape index (κ2) is 7.13. The lowest BCUT2D eigenvalue weighted by atomic mass is 10.1. The fourth-order valence-electron chi connectivity index (χ4n) is 2.96. The van der Waals surface area contributed by atoms with Gasteiger partial charge in [-0.2, -0.15) is 4.99 Å². The summed E-state index contributed by atoms with van der Waals surface area (Å²) in [6, 6.07) is 17.1. The van der Waals surface area contributed by atoms with Crippen LogP contribution in [0, 0.1) is 0 Å². The number of fused-ring (bicyclic) bond motifs is 1. The summed E-state index contributed by atoms with van der Waals surface area (Å²) in [7, 11) is 0. The van der Waals surface area contributed by atoms with E-state index in [0.717, 1.165) is 33.9 Å². The lowest BCUT2D eigenvalue weighted by Crippen LogP contribution is -2.18. The van der Waals surface area contributed by atoms with Crippen molar-refractivity contribution in [2.24, 2.45) is 10.7 Å². The van der Waals surface area contributed by atoms with E-state index >= 15 is 0 Å². The van der Waals surface area contributed by atoms with Gasteiger partial charge < -0.3 is 15.6 Å². The van der Waals surface area contributed by atoms with Gasteiger partial charge in [0, 0.05) is 28.4 Å². The van der Waals surface area contributed by atoms with Crippen LogP contribution in [0.4, 0.5) is 5.69 Å². The Hall–Kier alpha value is -3.32. The van der Waals surface area contributed by atoms with Gasteiger partial charge in [-0.15, -0.1) is 0 Å². The first-order valence-corrected chi connectivity index (χ1v) is 9.12. The molecule has 1 aliphatic rings. The van der Waals surface area contributed by atoms with Crippen molar-refractivity contribution in [2.45, 2.75) is 6.54 Å². The number of aromatic nitrogens is 1. The summed E-state index contributed by atoms with van der Waals surface area (Å²) in [4.78, 5) is 28.5. The van der Waals surface area contributed by atoms with Gasteiger partial charge in [-0.3, -0.25) is 9.59 Å². The summed E-state index contributed by atoms with van der Waals surface area (Å²) < 4.78 is 1.87. The van der Waals surface area contributed by atoms with E-state index in [1.807, 2.05) is 65.4 Å². The first kappa shape index (κ1) is 17.1. The number of amidine groups is 1. The number of benzene rings is 2. The molecule has 0 saturated carbocycles. The second-order valence-corrected chi connectivity index (χ2v) is 7.07. The molecule has 27 heavy (non-hydrogen) atoms. The number of nitrogens with one attached hydrogen (secondary N) is 1. The molecule has 0 radical (unpaired) electrons. The number of nitrogens with two attached hydrogens (primary N) is 1. The molecule has 1 aromatic heterocycles. The second-order valence-electron chi connectivity index (χ2n) is 6.01. The van der Waals surface area contributed by atoms with E-state index in [1.54, 1.807) is 6.08 Å². The lowest BCUT2D eigenvalue weighted by Gasteiger charge is -2.07. The van der Waals surface area contributed by atoms with Crippen LogP contribution in [0.25, 0.3) is 17.0 Å². The van der Waals surface area contributed by atoms with Crippen LogP contribution in [0.1, 0.15) is 5.56 Å². The number of carbonyl (C=O) groups is 2. The highest BCUT2D eigenvalue weighted by Crippen LogP contribution is 2.30. The summed E-state index contributed by atoms with van der Waals surface area (Å²) in [5, 5.41) is 4.08. The van der Waals surface area contributed by atoms with Crippen molar-refractivity contribution in [1.82, 2.24) is 4.57 Å². The molecule has 0 fully saturated rings. The summed E-state index contributed by atoms with van der Waals surface area (Å²) in [5.41, 5.74) is 8.13. The molecule has 3 aromatic rings. The zero-order valence-corrected chi connectivity index (χ0v) is 15.1. The molecule has 6 nitrogen and oxygen atoms in total. The number of thioether (sulfide) groups is 1. The molecule has 2 aromatic carbocycles. The van der Waals surface area contributed by atoms with Crippen LogP contribution in [-0.2, 0) is 16.1 Å². The van der Waals surface area contributed by atoms with Gasteiger partial charge in [-0.25, -0.2) is 0 Å². The van der Waals surface area contributed by atoms with E-state index in [1.165, 1.54) is 0 Å². The standard InChI is InChI=1S/C20H16N4O2S/c21-20-23-19(26)17(27-20)10-13-11-24(16-9-5-4-8-15(13)16)12-18(25)22-14-6-2-1-3-7-14/h1-11H,12H2,(H,22,25)(H2,21,23,26). The molecule has 1 aliphatic heterocycles. The van der Waals surface area contributed by atoms with E-state index in [4.69, 9.17) is 5.73 Å². The van der Waals surface area contributed by atoms with Gasteiger partial charge in [0.15, 0.2) is 5.17 Å². The highest BCUT2D eigenvalue weighted by molar-refractivity contribution is 8.18. The molecule has 3 N–H and O–H groups in total. The van der Waals surface area contributed by atoms with Crippen LogP contribution in [0.2, 0.25) is 0 Å². The smallest absolute Gasteiger partial charge is 0.286 e. The zero-order valence-electron chi connectivity index (χ0n) is 14.3. The van der Waals surface area contributed by atoms with Crippen LogP contribution in [0.3, 0.4) is 0 Å². The van der Waals surface area contributed by atoms with Crippen molar-refractivity contribution in [3.05, 3.63) is 71.3 Å². The maximum absolute atomic E-state index is 12.4. The molecule has 0 atom stereocenters. The van der Waals surface area contributed by atoms with Crippen LogP contribution in [-0.4, -0.2) is 21.5 Å². The van der Waals surface area contributed by atoms with E-state index < -0.39 is 0 Å². The van der Waals surface area contributed by atoms with Gasteiger partial charge >= 0.3 is 0 Å². The third-order valence-corrected chi connectivity index (χ3v) is 4.93. The number of anilines is 1. The van der Waals surface area contributed by atoms with Gasteiger partial charge in [0.25, 0.3) is 5.91 Å². The molecule has 0 aliphatic carbocycles. The van der Waals surface area contributed by atoms with E-state index in [-0.39, 0.29) is 23.5 Å². The average molecular weight is 376 g/mol. The predicted molar refractivity (Wildman–Crippen MR) is 109 cm³/mol. The molecule has 0 unspecified atom stereocenters. The normalized spacial score (nSPS) is 15.3. The van der Waals surface area contributed by atoms with Crippen LogP contribution in [0.5, 0.6) is 0 Å². The number of rotatable bonds is 4. The number of aliphatic imine (C=N–C) groups is 1. The van der Waals surface area contributed by atoms with Crippen LogP contribution >= 0.6 is 11.8 Å². The van der Waals surface area contributed by atoms with Crippen molar-refractivity contribution >= 4 is 51.4 Å². The van der Waals surface area contributed by atoms with Gasteiger partial charge in [0.2, 0.25) is 5.91 Å². The SMILES string of the molecule is NC1=NC(=O)C(=Cc2cn(CC(=O)Nc3ccccc3)c3ccccc23)S1. The highest BCUT2D eigenvalue weighted by atomic mass is 32.2. The Kier molecular flexibility index (Phi) is 4.52. The van der Waals surface area contributed by atoms with Gasteiger partial charge in [0.1, 0.15) is 6.54 Å². The highest BCUT2D eigenvalue weighted by Gasteiger charge is 2.20.